The van der Waals surface area contributed by atoms with Gasteiger partial charge in [-0.3, -0.25) is 0 Å². The molecule has 1 fully saturated rings. The standard InChI is InChI=1S/C23H22N4O2/c1-26-21(16-10-12-27(13-11-16)23(28)29)25-20-9-8-19(24-22(20)26)18-7-6-15-4-2-3-5-17(15)14-18/h2-9,14,16H,10-13H2,1H3,(H,28,29). The second kappa shape index (κ2) is 6.88. The van der Waals surface area contributed by atoms with Gasteiger partial charge in [0.05, 0.1) is 5.69 Å². The van der Waals surface area contributed by atoms with E-state index in [9.17, 15) is 4.79 Å². The molecule has 0 aliphatic carbocycles. The quantitative estimate of drug-likeness (QED) is 0.544. The zero-order valence-corrected chi connectivity index (χ0v) is 16.2. The molecule has 1 saturated heterocycles. The van der Waals surface area contributed by atoms with E-state index in [1.54, 1.807) is 0 Å². The lowest BCUT2D eigenvalue weighted by atomic mass is 9.96. The van der Waals surface area contributed by atoms with Crippen LogP contribution in [0.5, 0.6) is 0 Å². The van der Waals surface area contributed by atoms with Crippen LogP contribution in [0.4, 0.5) is 4.79 Å². The van der Waals surface area contributed by atoms with E-state index in [-0.39, 0.29) is 5.92 Å². The van der Waals surface area contributed by atoms with E-state index in [4.69, 9.17) is 15.1 Å². The molecule has 2 aromatic carbocycles. The highest BCUT2D eigenvalue weighted by Crippen LogP contribution is 2.30. The number of benzene rings is 2. The molecule has 0 unspecified atom stereocenters. The Hall–Kier alpha value is -3.41. The summed E-state index contributed by atoms with van der Waals surface area (Å²) in [5, 5.41) is 11.6. The molecule has 1 N–H and O–H groups in total. The molecule has 1 aliphatic rings. The molecule has 6 nitrogen and oxygen atoms in total. The van der Waals surface area contributed by atoms with Gasteiger partial charge in [0.2, 0.25) is 0 Å². The number of pyridine rings is 1. The van der Waals surface area contributed by atoms with Crippen LogP contribution in [0.2, 0.25) is 0 Å². The van der Waals surface area contributed by atoms with Crippen LogP contribution < -0.4 is 0 Å². The van der Waals surface area contributed by atoms with Gasteiger partial charge in [-0.2, -0.15) is 0 Å². The minimum absolute atomic E-state index is 0.258. The summed E-state index contributed by atoms with van der Waals surface area (Å²) in [6, 6.07) is 18.8. The van der Waals surface area contributed by atoms with Crippen LogP contribution >= 0.6 is 0 Å². The lowest BCUT2D eigenvalue weighted by Crippen LogP contribution is -2.37. The van der Waals surface area contributed by atoms with Crippen LogP contribution in [-0.2, 0) is 7.05 Å². The summed E-state index contributed by atoms with van der Waals surface area (Å²) in [4.78, 5) is 22.4. The number of piperidine rings is 1. The van der Waals surface area contributed by atoms with Crippen molar-refractivity contribution >= 4 is 28.0 Å². The van der Waals surface area contributed by atoms with Gasteiger partial charge in [-0.1, -0.05) is 36.4 Å². The highest BCUT2D eigenvalue weighted by molar-refractivity contribution is 5.87. The Balaban J connectivity index is 1.49. The maximum atomic E-state index is 11.2. The highest BCUT2D eigenvalue weighted by Gasteiger charge is 2.27. The average Bonchev–Trinajstić information content (AvgIpc) is 3.09. The third-order valence-electron chi connectivity index (χ3n) is 5.93. The molecule has 1 aliphatic heterocycles. The average molecular weight is 386 g/mol. The third-order valence-corrected chi connectivity index (χ3v) is 5.93. The van der Waals surface area contributed by atoms with Crippen LogP contribution in [0.25, 0.3) is 33.2 Å². The molecule has 29 heavy (non-hydrogen) atoms. The molecule has 2 aromatic heterocycles. The monoisotopic (exact) mass is 386 g/mol. The van der Waals surface area contributed by atoms with Crippen molar-refractivity contribution in [3.8, 4) is 11.3 Å². The number of amides is 1. The number of likely N-dealkylation sites (tertiary alicyclic amines) is 1. The van der Waals surface area contributed by atoms with Gasteiger partial charge >= 0.3 is 6.09 Å². The number of hydrogen-bond acceptors (Lipinski definition) is 3. The molecule has 4 aromatic rings. The zero-order chi connectivity index (χ0) is 20.0. The van der Waals surface area contributed by atoms with E-state index in [1.165, 1.54) is 15.7 Å². The summed E-state index contributed by atoms with van der Waals surface area (Å²) < 4.78 is 2.07. The minimum atomic E-state index is -0.838. The number of rotatable bonds is 2. The third kappa shape index (κ3) is 3.10. The van der Waals surface area contributed by atoms with Crippen molar-refractivity contribution in [2.45, 2.75) is 18.8 Å². The van der Waals surface area contributed by atoms with Crippen LogP contribution in [0.15, 0.2) is 54.6 Å². The molecule has 146 valence electrons. The first-order valence-electron chi connectivity index (χ1n) is 9.90. The summed E-state index contributed by atoms with van der Waals surface area (Å²) in [7, 11) is 2.01. The van der Waals surface area contributed by atoms with Crippen LogP contribution in [0.1, 0.15) is 24.6 Å². The van der Waals surface area contributed by atoms with Gasteiger partial charge in [-0.15, -0.1) is 0 Å². The Morgan fingerprint density at radius 1 is 1.00 bits per heavy atom. The van der Waals surface area contributed by atoms with Gasteiger partial charge < -0.3 is 14.6 Å². The number of fused-ring (bicyclic) bond motifs is 2. The predicted molar refractivity (Wildman–Crippen MR) is 113 cm³/mol. The molecule has 0 radical (unpaired) electrons. The molecule has 0 spiro atoms. The number of hydrogen-bond donors (Lipinski definition) is 1. The van der Waals surface area contributed by atoms with Gasteiger partial charge in [0.15, 0.2) is 5.65 Å². The van der Waals surface area contributed by atoms with E-state index in [1.807, 2.05) is 31.3 Å². The smallest absolute Gasteiger partial charge is 0.407 e. The topological polar surface area (TPSA) is 71.2 Å². The molecule has 0 atom stereocenters. The zero-order valence-electron chi connectivity index (χ0n) is 16.2. The summed E-state index contributed by atoms with van der Waals surface area (Å²) >= 11 is 0. The van der Waals surface area contributed by atoms with Crippen molar-refractivity contribution in [1.29, 1.82) is 0 Å². The predicted octanol–water partition coefficient (Wildman–Crippen LogP) is 4.65. The molecule has 6 heteroatoms. The van der Waals surface area contributed by atoms with Gasteiger partial charge in [-0.05, 0) is 41.8 Å². The fourth-order valence-corrected chi connectivity index (χ4v) is 4.29. The SMILES string of the molecule is Cn1c(C2CCN(C(=O)O)CC2)nc2ccc(-c3ccc4ccccc4c3)nc21. The first kappa shape index (κ1) is 17.7. The Bertz CT molecular complexity index is 1220. The summed E-state index contributed by atoms with van der Waals surface area (Å²) in [6.45, 7) is 1.11. The first-order chi connectivity index (χ1) is 14.1. The van der Waals surface area contributed by atoms with Gasteiger partial charge in [0.1, 0.15) is 11.3 Å². The van der Waals surface area contributed by atoms with Crippen molar-refractivity contribution in [2.75, 3.05) is 13.1 Å². The van der Waals surface area contributed by atoms with Gasteiger partial charge in [-0.25, -0.2) is 14.8 Å². The highest BCUT2D eigenvalue weighted by atomic mass is 16.4. The lowest BCUT2D eigenvalue weighted by molar-refractivity contribution is 0.131. The fourth-order valence-electron chi connectivity index (χ4n) is 4.29. The molecule has 1 amide bonds. The summed E-state index contributed by atoms with van der Waals surface area (Å²) in [6.07, 6.45) is 0.747. The Kier molecular flexibility index (Phi) is 4.19. The Morgan fingerprint density at radius 2 is 1.76 bits per heavy atom. The second-order valence-corrected chi connectivity index (χ2v) is 7.67. The van der Waals surface area contributed by atoms with E-state index in [2.05, 4.69) is 34.9 Å². The van der Waals surface area contributed by atoms with Crippen molar-refractivity contribution < 1.29 is 9.90 Å². The van der Waals surface area contributed by atoms with Gasteiger partial charge in [0.25, 0.3) is 0 Å². The lowest BCUT2D eigenvalue weighted by Gasteiger charge is -2.29. The van der Waals surface area contributed by atoms with E-state index in [0.29, 0.717) is 13.1 Å². The molecular weight excluding hydrogens is 364 g/mol. The maximum absolute atomic E-state index is 11.2. The molecule has 0 saturated carbocycles. The summed E-state index contributed by atoms with van der Waals surface area (Å²) in [5.41, 5.74) is 3.76. The largest absolute Gasteiger partial charge is 0.465 e. The van der Waals surface area contributed by atoms with Crippen molar-refractivity contribution in [3.05, 3.63) is 60.4 Å². The summed E-state index contributed by atoms with van der Waals surface area (Å²) in [5.74, 6) is 1.25. The number of aryl methyl sites for hydroxylation is 1. The van der Waals surface area contributed by atoms with Crippen molar-refractivity contribution in [3.63, 3.8) is 0 Å². The normalized spacial score (nSPS) is 15.3. The minimum Gasteiger partial charge on any atom is -0.465 e. The number of aromatic nitrogens is 3. The Morgan fingerprint density at radius 3 is 2.52 bits per heavy atom. The number of carboxylic acid groups (broad SMARTS) is 1. The van der Waals surface area contributed by atoms with Crippen molar-refractivity contribution in [1.82, 2.24) is 19.4 Å². The number of carbonyl (C=O) groups is 1. The van der Waals surface area contributed by atoms with E-state index >= 15 is 0 Å². The van der Waals surface area contributed by atoms with Crippen LogP contribution in [0, 0.1) is 0 Å². The number of imidazole rings is 1. The fraction of sp³-hybridized carbons (Fsp3) is 0.261. The van der Waals surface area contributed by atoms with Crippen molar-refractivity contribution in [2.24, 2.45) is 7.05 Å². The molecule has 3 heterocycles. The molecular formula is C23H22N4O2. The Labute approximate surface area is 168 Å². The molecule has 5 rings (SSSR count). The van der Waals surface area contributed by atoms with E-state index < -0.39 is 6.09 Å². The van der Waals surface area contributed by atoms with Crippen LogP contribution in [-0.4, -0.2) is 43.7 Å². The molecule has 0 bridgehead atoms. The number of nitrogens with zero attached hydrogens (tertiary/aromatic N) is 4. The van der Waals surface area contributed by atoms with E-state index in [0.717, 1.165) is 41.1 Å². The second-order valence-electron chi connectivity index (χ2n) is 7.67. The maximum Gasteiger partial charge on any atom is 0.407 e. The first-order valence-corrected chi connectivity index (χ1v) is 9.90. The van der Waals surface area contributed by atoms with Crippen LogP contribution in [0.3, 0.4) is 0 Å². The van der Waals surface area contributed by atoms with Gasteiger partial charge in [0, 0.05) is 31.6 Å².